The minimum absolute atomic E-state index is 0.639. The van der Waals surface area contributed by atoms with Crippen molar-refractivity contribution >= 4 is 18.3 Å². The molecule has 2 aromatic carbocycles. The molecule has 3 rings (SSSR count). The van der Waals surface area contributed by atoms with Crippen LogP contribution in [0.5, 0.6) is 0 Å². The summed E-state index contributed by atoms with van der Waals surface area (Å²) in [5, 5.41) is 3.05. The molecule has 3 aromatic rings. The van der Waals surface area contributed by atoms with Crippen LogP contribution in [-0.2, 0) is 11.3 Å². The van der Waals surface area contributed by atoms with E-state index in [1.807, 2.05) is 70.3 Å². The number of aryl methyl sites for hydroxylation is 2. The molecule has 0 aliphatic carbocycles. The first-order valence-electron chi connectivity index (χ1n) is 12.3. The molecule has 37 heavy (non-hydrogen) atoms. The van der Waals surface area contributed by atoms with E-state index in [4.69, 9.17) is 5.73 Å². The van der Waals surface area contributed by atoms with Gasteiger partial charge in [0, 0.05) is 29.9 Å². The van der Waals surface area contributed by atoms with Gasteiger partial charge in [0.2, 0.25) is 0 Å². The molecule has 0 saturated carbocycles. The quantitative estimate of drug-likeness (QED) is 0.227. The molecule has 0 aliphatic rings. The Morgan fingerprint density at radius 3 is 1.73 bits per heavy atom. The minimum Gasteiger partial charge on any atom is -0.399 e. The standard InChI is InChI=1S/C13H11NO.C8H13N3.C5H12.C3H6O.C2H2/c14-13-7-5-12(6-8-13)11-3-1-10(9-15)2-4-11;1-6-4-8(5-9-3)11-7(2)10-6;1-4-5(2)3;1-2-3-4;1-2/h1-9H,14H2;4,9H,5H2,1-3H3;5H,4H2,1-3H3;3H,2H2,1H3;1-2H. The fourth-order valence-corrected chi connectivity index (χ4v) is 2.50. The molecule has 6 nitrogen and oxygen atoms in total. The van der Waals surface area contributed by atoms with Crippen molar-refractivity contribution in [2.24, 2.45) is 5.92 Å². The molecule has 0 radical (unpaired) electrons. The van der Waals surface area contributed by atoms with Crippen LogP contribution in [0.4, 0.5) is 5.69 Å². The highest BCUT2D eigenvalue weighted by Gasteiger charge is 1.97. The van der Waals surface area contributed by atoms with Gasteiger partial charge in [-0.15, -0.1) is 12.8 Å². The van der Waals surface area contributed by atoms with Gasteiger partial charge in [0.15, 0.2) is 0 Å². The lowest BCUT2D eigenvalue weighted by Crippen LogP contribution is -2.08. The van der Waals surface area contributed by atoms with Gasteiger partial charge >= 0.3 is 0 Å². The summed E-state index contributed by atoms with van der Waals surface area (Å²) in [6.07, 6.45) is 11.7. The number of nitrogens with zero attached hydrogens (tertiary/aromatic N) is 2. The molecule has 0 amide bonds. The monoisotopic (exact) mass is 504 g/mol. The van der Waals surface area contributed by atoms with Crippen molar-refractivity contribution in [3.8, 4) is 24.0 Å². The Morgan fingerprint density at radius 1 is 0.919 bits per heavy atom. The van der Waals surface area contributed by atoms with Crippen LogP contribution in [0.25, 0.3) is 11.1 Å². The first kappa shape index (κ1) is 35.3. The van der Waals surface area contributed by atoms with Crippen molar-refractivity contribution in [2.75, 3.05) is 12.8 Å². The molecule has 0 spiro atoms. The number of nitrogens with one attached hydrogen (secondary N) is 1. The lowest BCUT2D eigenvalue weighted by atomic mass is 10.0. The third-order valence-corrected chi connectivity index (χ3v) is 4.65. The van der Waals surface area contributed by atoms with E-state index < -0.39 is 0 Å². The molecular weight excluding hydrogens is 460 g/mol. The molecular formula is C31H44N4O2. The molecule has 0 unspecified atom stereocenters. The summed E-state index contributed by atoms with van der Waals surface area (Å²) in [6, 6.07) is 17.1. The van der Waals surface area contributed by atoms with E-state index in [2.05, 4.69) is 48.9 Å². The summed E-state index contributed by atoms with van der Waals surface area (Å²) < 4.78 is 0. The first-order chi connectivity index (χ1) is 17.7. The van der Waals surface area contributed by atoms with E-state index in [1.54, 1.807) is 12.1 Å². The van der Waals surface area contributed by atoms with Crippen LogP contribution in [0.3, 0.4) is 0 Å². The summed E-state index contributed by atoms with van der Waals surface area (Å²) in [5.41, 5.74) is 11.3. The lowest BCUT2D eigenvalue weighted by Gasteiger charge is -2.02. The highest BCUT2D eigenvalue weighted by Crippen LogP contribution is 2.20. The van der Waals surface area contributed by atoms with Gasteiger partial charge in [-0.1, -0.05) is 70.5 Å². The molecule has 3 N–H and O–H groups in total. The Balaban J connectivity index is 0. The predicted molar refractivity (Wildman–Crippen MR) is 157 cm³/mol. The zero-order valence-electron chi connectivity index (χ0n) is 23.5. The molecule has 0 saturated heterocycles. The lowest BCUT2D eigenvalue weighted by molar-refractivity contribution is -0.107. The maximum Gasteiger partial charge on any atom is 0.150 e. The van der Waals surface area contributed by atoms with Gasteiger partial charge in [-0.2, -0.15) is 0 Å². The third kappa shape index (κ3) is 18.2. The van der Waals surface area contributed by atoms with Crippen LogP contribution >= 0.6 is 0 Å². The Morgan fingerprint density at radius 2 is 1.38 bits per heavy atom. The number of hydrogen-bond acceptors (Lipinski definition) is 6. The Kier molecular flexibility index (Phi) is 21.6. The summed E-state index contributed by atoms with van der Waals surface area (Å²) in [4.78, 5) is 28.1. The number of carbonyl (C=O) groups excluding carboxylic acids is 2. The number of terminal acetylenes is 1. The van der Waals surface area contributed by atoms with E-state index in [0.29, 0.717) is 12.0 Å². The van der Waals surface area contributed by atoms with Gasteiger partial charge in [0.25, 0.3) is 0 Å². The van der Waals surface area contributed by atoms with Crippen molar-refractivity contribution in [1.29, 1.82) is 0 Å². The largest absolute Gasteiger partial charge is 0.399 e. The van der Waals surface area contributed by atoms with E-state index in [1.165, 1.54) is 6.42 Å². The maximum atomic E-state index is 10.5. The van der Waals surface area contributed by atoms with Gasteiger partial charge < -0.3 is 15.8 Å². The second-order valence-electron chi connectivity index (χ2n) is 8.32. The number of carbonyl (C=O) groups is 2. The fourth-order valence-electron chi connectivity index (χ4n) is 2.50. The van der Waals surface area contributed by atoms with Gasteiger partial charge in [-0.3, -0.25) is 4.79 Å². The molecule has 0 aliphatic heterocycles. The molecule has 200 valence electrons. The number of nitrogen functional groups attached to an aromatic ring is 1. The van der Waals surface area contributed by atoms with Crippen molar-refractivity contribution < 1.29 is 9.59 Å². The van der Waals surface area contributed by atoms with Gasteiger partial charge in [0.1, 0.15) is 18.4 Å². The number of nitrogens with two attached hydrogens (primary N) is 1. The average molecular weight is 505 g/mol. The number of aromatic nitrogens is 2. The summed E-state index contributed by atoms with van der Waals surface area (Å²) >= 11 is 0. The number of rotatable bonds is 6. The van der Waals surface area contributed by atoms with Crippen LogP contribution < -0.4 is 11.1 Å². The minimum atomic E-state index is 0.639. The van der Waals surface area contributed by atoms with Crippen molar-refractivity contribution in [3.05, 3.63) is 77.4 Å². The van der Waals surface area contributed by atoms with Crippen LogP contribution in [0.1, 0.15) is 68.1 Å². The summed E-state index contributed by atoms with van der Waals surface area (Å²) in [6.45, 7) is 13.2. The Hall–Kier alpha value is -3.82. The highest BCUT2D eigenvalue weighted by molar-refractivity contribution is 5.77. The smallest absolute Gasteiger partial charge is 0.150 e. The summed E-state index contributed by atoms with van der Waals surface area (Å²) in [5.74, 6) is 1.73. The molecule has 0 fully saturated rings. The van der Waals surface area contributed by atoms with E-state index >= 15 is 0 Å². The number of aldehydes is 2. The van der Waals surface area contributed by atoms with Crippen LogP contribution in [0, 0.1) is 32.6 Å². The fraction of sp³-hybridized carbons (Fsp3) is 0.355. The van der Waals surface area contributed by atoms with Gasteiger partial charge in [0.05, 0.1) is 5.69 Å². The van der Waals surface area contributed by atoms with E-state index in [0.717, 1.165) is 59.1 Å². The summed E-state index contributed by atoms with van der Waals surface area (Å²) in [7, 11) is 1.91. The van der Waals surface area contributed by atoms with Crippen LogP contribution in [0.2, 0.25) is 0 Å². The molecule has 1 aromatic heterocycles. The SMILES string of the molecule is C#C.CCC(C)C.CCC=O.CNCc1cc(C)nc(C)n1.Nc1ccc(-c2ccc(C=O)cc2)cc1. The molecule has 0 atom stereocenters. The average Bonchev–Trinajstić information content (AvgIpc) is 2.91. The Bertz CT molecular complexity index is 991. The topological polar surface area (TPSA) is 98.0 Å². The number of anilines is 1. The van der Waals surface area contributed by atoms with Crippen molar-refractivity contribution in [1.82, 2.24) is 15.3 Å². The molecule has 1 heterocycles. The second kappa shape index (κ2) is 22.6. The van der Waals surface area contributed by atoms with Crippen LogP contribution in [0.15, 0.2) is 54.6 Å². The third-order valence-electron chi connectivity index (χ3n) is 4.65. The van der Waals surface area contributed by atoms with E-state index in [9.17, 15) is 9.59 Å². The Labute approximate surface area is 224 Å². The molecule has 6 heteroatoms. The van der Waals surface area contributed by atoms with Gasteiger partial charge in [-0.25, -0.2) is 9.97 Å². The number of benzene rings is 2. The molecule has 0 bridgehead atoms. The zero-order valence-corrected chi connectivity index (χ0v) is 23.5. The second-order valence-corrected chi connectivity index (χ2v) is 8.32. The van der Waals surface area contributed by atoms with Crippen molar-refractivity contribution in [3.63, 3.8) is 0 Å². The van der Waals surface area contributed by atoms with E-state index in [-0.39, 0.29) is 0 Å². The van der Waals surface area contributed by atoms with Gasteiger partial charge in [-0.05, 0) is 56.1 Å². The zero-order chi connectivity index (χ0) is 28.6. The normalized spacial score (nSPS) is 9.03. The predicted octanol–water partition coefficient (Wildman–Crippen LogP) is 6.46. The van der Waals surface area contributed by atoms with Crippen LogP contribution in [-0.4, -0.2) is 29.6 Å². The highest BCUT2D eigenvalue weighted by atomic mass is 16.1. The first-order valence-corrected chi connectivity index (χ1v) is 12.3. The van der Waals surface area contributed by atoms with Crippen molar-refractivity contribution in [2.45, 2.75) is 60.9 Å². The number of hydrogen-bond donors (Lipinski definition) is 2. The maximum absolute atomic E-state index is 10.5.